The van der Waals surface area contributed by atoms with Crippen LogP contribution in [0.2, 0.25) is 0 Å². The molecule has 0 aliphatic heterocycles. The summed E-state index contributed by atoms with van der Waals surface area (Å²) >= 11 is 5.19. The molecule has 0 saturated carbocycles. The summed E-state index contributed by atoms with van der Waals surface area (Å²) in [7, 11) is 1.59. The predicted molar refractivity (Wildman–Crippen MR) is 72.8 cm³/mol. The van der Waals surface area contributed by atoms with Gasteiger partial charge in [-0.05, 0) is 34.5 Å². The largest absolute Gasteiger partial charge is 0.481 e. The minimum absolute atomic E-state index is 0.571. The second kappa shape index (κ2) is 5.97. The molecular weight excluding hydrogens is 302 g/mol. The molecule has 0 aromatic carbocycles. The van der Waals surface area contributed by atoms with Crippen molar-refractivity contribution in [1.29, 1.82) is 0 Å². The van der Waals surface area contributed by atoms with Crippen LogP contribution in [0, 0.1) is 0 Å². The van der Waals surface area contributed by atoms with Crippen LogP contribution in [0.3, 0.4) is 0 Å². The van der Waals surface area contributed by atoms with E-state index in [4.69, 9.17) is 4.74 Å². The molecule has 1 N–H and O–H groups in total. The van der Waals surface area contributed by atoms with E-state index in [1.807, 2.05) is 0 Å². The molecule has 4 nitrogen and oxygen atoms in total. The average Bonchev–Trinajstić information content (AvgIpc) is 2.75. The predicted octanol–water partition coefficient (Wildman–Crippen LogP) is 2.96. The van der Waals surface area contributed by atoms with Gasteiger partial charge in [0, 0.05) is 23.7 Å². The quantitative estimate of drug-likeness (QED) is 0.922. The Labute approximate surface area is 112 Å². The molecule has 0 unspecified atom stereocenters. The minimum atomic E-state index is 0.571. The van der Waals surface area contributed by atoms with Crippen molar-refractivity contribution in [3.8, 4) is 5.88 Å². The van der Waals surface area contributed by atoms with Gasteiger partial charge in [-0.3, -0.25) is 0 Å². The molecule has 0 radical (unpaired) electrons. The molecule has 0 bridgehead atoms. The van der Waals surface area contributed by atoms with Gasteiger partial charge in [0.25, 0.3) is 0 Å². The Bertz CT molecular complexity index is 489. The first-order chi connectivity index (χ1) is 8.28. The Hall–Kier alpha value is -1.14. The second-order valence-electron chi connectivity index (χ2n) is 3.31. The number of ether oxygens (including phenoxy) is 1. The summed E-state index contributed by atoms with van der Waals surface area (Å²) in [5.41, 5.74) is 0. The van der Waals surface area contributed by atoms with Crippen molar-refractivity contribution in [3.05, 3.63) is 33.1 Å². The summed E-state index contributed by atoms with van der Waals surface area (Å²) in [6.07, 6.45) is 2.63. The topological polar surface area (TPSA) is 47.0 Å². The summed E-state index contributed by atoms with van der Waals surface area (Å²) < 4.78 is 6.19. The molecule has 0 atom stereocenters. The first kappa shape index (κ1) is 12.3. The molecule has 0 amide bonds. The lowest BCUT2D eigenvalue weighted by molar-refractivity contribution is 0.397. The number of aromatic nitrogens is 2. The standard InChI is InChI=1S/C11H12BrN3OS/c1-16-10-5-7-14-11(15-10)13-6-4-8-2-3-9(12)17-8/h2-3,5,7H,4,6H2,1H3,(H,13,14,15). The number of methoxy groups -OCH3 is 1. The van der Waals surface area contributed by atoms with E-state index >= 15 is 0 Å². The van der Waals surface area contributed by atoms with Gasteiger partial charge in [0.2, 0.25) is 11.8 Å². The van der Waals surface area contributed by atoms with Crippen LogP contribution in [-0.2, 0) is 6.42 Å². The van der Waals surface area contributed by atoms with E-state index in [1.165, 1.54) is 4.88 Å². The molecule has 17 heavy (non-hydrogen) atoms. The highest BCUT2D eigenvalue weighted by Gasteiger charge is 2.00. The van der Waals surface area contributed by atoms with Crippen molar-refractivity contribution in [2.45, 2.75) is 6.42 Å². The van der Waals surface area contributed by atoms with Gasteiger partial charge in [0.15, 0.2) is 0 Å². The number of nitrogens with zero attached hydrogens (tertiary/aromatic N) is 2. The molecule has 2 rings (SSSR count). The Morgan fingerprint density at radius 3 is 3.00 bits per heavy atom. The van der Waals surface area contributed by atoms with E-state index in [9.17, 15) is 0 Å². The molecule has 6 heteroatoms. The highest BCUT2D eigenvalue weighted by atomic mass is 79.9. The van der Waals surface area contributed by atoms with Crippen LogP contribution >= 0.6 is 27.3 Å². The number of rotatable bonds is 5. The van der Waals surface area contributed by atoms with Crippen LogP contribution in [0.4, 0.5) is 5.95 Å². The zero-order chi connectivity index (χ0) is 12.1. The van der Waals surface area contributed by atoms with Crippen LogP contribution in [0.15, 0.2) is 28.2 Å². The fourth-order valence-corrected chi connectivity index (χ4v) is 2.81. The maximum Gasteiger partial charge on any atom is 0.225 e. The number of halogens is 1. The fraction of sp³-hybridized carbons (Fsp3) is 0.273. The smallest absolute Gasteiger partial charge is 0.225 e. The van der Waals surface area contributed by atoms with E-state index < -0.39 is 0 Å². The van der Waals surface area contributed by atoms with Crippen LogP contribution in [0.1, 0.15) is 4.88 Å². The number of hydrogen-bond acceptors (Lipinski definition) is 5. The summed E-state index contributed by atoms with van der Waals surface area (Å²) in [4.78, 5) is 9.62. The van der Waals surface area contributed by atoms with Crippen LogP contribution in [0.5, 0.6) is 5.88 Å². The molecule has 0 aliphatic rings. The molecule has 0 fully saturated rings. The van der Waals surface area contributed by atoms with Gasteiger partial charge in [-0.25, -0.2) is 4.98 Å². The summed E-state index contributed by atoms with van der Waals surface area (Å²) in [5.74, 6) is 1.17. The summed E-state index contributed by atoms with van der Waals surface area (Å²) in [6, 6.07) is 5.90. The number of thiophene rings is 1. The fourth-order valence-electron chi connectivity index (χ4n) is 1.32. The third-order valence-electron chi connectivity index (χ3n) is 2.12. The van der Waals surface area contributed by atoms with Gasteiger partial charge < -0.3 is 10.1 Å². The molecule has 2 aromatic heterocycles. The van der Waals surface area contributed by atoms with Gasteiger partial charge in [0.1, 0.15) is 0 Å². The Balaban J connectivity index is 1.85. The van der Waals surface area contributed by atoms with Crippen molar-refractivity contribution in [3.63, 3.8) is 0 Å². The molecule has 0 aliphatic carbocycles. The van der Waals surface area contributed by atoms with Crippen LogP contribution < -0.4 is 10.1 Å². The molecule has 2 heterocycles. The zero-order valence-electron chi connectivity index (χ0n) is 9.31. The number of nitrogens with one attached hydrogen (secondary N) is 1. The Morgan fingerprint density at radius 1 is 1.41 bits per heavy atom. The van der Waals surface area contributed by atoms with E-state index in [-0.39, 0.29) is 0 Å². The van der Waals surface area contributed by atoms with E-state index in [2.05, 4.69) is 43.3 Å². The Kier molecular flexibility index (Phi) is 4.33. The molecule has 2 aromatic rings. The Morgan fingerprint density at radius 2 is 2.29 bits per heavy atom. The lowest BCUT2D eigenvalue weighted by atomic mass is 10.3. The summed E-state index contributed by atoms with van der Waals surface area (Å²) in [6.45, 7) is 0.806. The van der Waals surface area contributed by atoms with Gasteiger partial charge in [0.05, 0.1) is 10.9 Å². The minimum Gasteiger partial charge on any atom is -0.481 e. The van der Waals surface area contributed by atoms with Gasteiger partial charge >= 0.3 is 0 Å². The third kappa shape index (κ3) is 3.67. The van der Waals surface area contributed by atoms with E-state index in [1.54, 1.807) is 30.7 Å². The summed E-state index contributed by atoms with van der Waals surface area (Å²) in [5, 5.41) is 3.17. The van der Waals surface area contributed by atoms with Crippen molar-refractivity contribution in [2.75, 3.05) is 19.0 Å². The monoisotopic (exact) mass is 313 g/mol. The first-order valence-electron chi connectivity index (χ1n) is 5.13. The van der Waals surface area contributed by atoms with Gasteiger partial charge in [-0.15, -0.1) is 11.3 Å². The van der Waals surface area contributed by atoms with Crippen LogP contribution in [0.25, 0.3) is 0 Å². The van der Waals surface area contributed by atoms with E-state index in [0.29, 0.717) is 11.8 Å². The van der Waals surface area contributed by atoms with E-state index in [0.717, 1.165) is 16.8 Å². The normalized spacial score (nSPS) is 10.2. The zero-order valence-corrected chi connectivity index (χ0v) is 11.7. The molecule has 0 spiro atoms. The third-order valence-corrected chi connectivity index (χ3v) is 3.81. The highest BCUT2D eigenvalue weighted by molar-refractivity contribution is 9.11. The van der Waals surface area contributed by atoms with Crippen molar-refractivity contribution in [2.24, 2.45) is 0 Å². The van der Waals surface area contributed by atoms with Gasteiger partial charge in [-0.1, -0.05) is 0 Å². The maximum absolute atomic E-state index is 5.03. The molecule has 0 saturated heterocycles. The van der Waals surface area contributed by atoms with Crippen molar-refractivity contribution >= 4 is 33.2 Å². The van der Waals surface area contributed by atoms with Crippen molar-refractivity contribution < 1.29 is 4.74 Å². The maximum atomic E-state index is 5.03. The second-order valence-corrected chi connectivity index (χ2v) is 5.85. The van der Waals surface area contributed by atoms with Crippen molar-refractivity contribution in [1.82, 2.24) is 9.97 Å². The first-order valence-corrected chi connectivity index (χ1v) is 6.74. The molecule has 90 valence electrons. The molecular formula is C11H12BrN3OS. The average molecular weight is 314 g/mol. The number of hydrogen-bond donors (Lipinski definition) is 1. The number of anilines is 1. The lowest BCUT2D eigenvalue weighted by Gasteiger charge is -2.04. The lowest BCUT2D eigenvalue weighted by Crippen LogP contribution is -2.07. The van der Waals surface area contributed by atoms with Gasteiger partial charge in [-0.2, -0.15) is 4.98 Å². The highest BCUT2D eigenvalue weighted by Crippen LogP contribution is 2.22. The van der Waals surface area contributed by atoms with Crippen LogP contribution in [-0.4, -0.2) is 23.6 Å². The SMILES string of the molecule is COc1ccnc(NCCc2ccc(Br)s2)n1.